The molecule has 2 aromatic carbocycles. The summed E-state index contributed by atoms with van der Waals surface area (Å²) >= 11 is 0. The lowest BCUT2D eigenvalue weighted by Crippen LogP contribution is -2.37. The summed E-state index contributed by atoms with van der Waals surface area (Å²) < 4.78 is 15.2. The van der Waals surface area contributed by atoms with E-state index in [1.807, 2.05) is 35.9 Å². The number of hydrogen-bond acceptors (Lipinski definition) is 3. The summed E-state index contributed by atoms with van der Waals surface area (Å²) in [5.74, 6) is -0.463. The molecule has 30 heavy (non-hydrogen) atoms. The summed E-state index contributed by atoms with van der Waals surface area (Å²) in [7, 11) is 0. The number of carbonyl (C=O) groups excluding carboxylic acids is 2. The quantitative estimate of drug-likeness (QED) is 0.683. The number of rotatable bonds is 4. The highest BCUT2D eigenvalue weighted by atomic mass is 19.1. The van der Waals surface area contributed by atoms with Gasteiger partial charge in [0.1, 0.15) is 5.82 Å². The summed E-state index contributed by atoms with van der Waals surface area (Å²) in [4.78, 5) is 26.5. The van der Waals surface area contributed by atoms with Crippen LogP contribution in [0.25, 0.3) is 10.9 Å². The summed E-state index contributed by atoms with van der Waals surface area (Å²) in [6.07, 6.45) is 4.88. The van der Waals surface area contributed by atoms with Gasteiger partial charge in [-0.25, -0.2) is 9.18 Å². The number of amides is 2. The molecule has 0 bridgehead atoms. The second-order valence-electron chi connectivity index (χ2n) is 7.35. The summed E-state index contributed by atoms with van der Waals surface area (Å²) in [6, 6.07) is 10.8. The van der Waals surface area contributed by atoms with Crippen molar-refractivity contribution >= 4 is 28.4 Å². The van der Waals surface area contributed by atoms with E-state index in [1.165, 1.54) is 29.3 Å². The Labute approximate surface area is 173 Å². The van der Waals surface area contributed by atoms with Gasteiger partial charge in [-0.1, -0.05) is 12.1 Å². The average Bonchev–Trinajstić information content (AvgIpc) is 3.10. The van der Waals surface area contributed by atoms with Crippen molar-refractivity contribution in [2.45, 2.75) is 25.9 Å². The van der Waals surface area contributed by atoms with Gasteiger partial charge in [0.15, 0.2) is 5.78 Å². The van der Waals surface area contributed by atoms with Crippen LogP contribution in [0.2, 0.25) is 0 Å². The van der Waals surface area contributed by atoms with Crippen molar-refractivity contribution in [2.24, 2.45) is 0 Å². The van der Waals surface area contributed by atoms with E-state index in [-0.39, 0.29) is 30.7 Å². The largest absolute Gasteiger partial charge is 0.395 e. The molecule has 1 atom stereocenters. The van der Waals surface area contributed by atoms with Crippen LogP contribution in [0, 0.1) is 12.7 Å². The second kappa shape index (κ2) is 8.12. The second-order valence-corrected chi connectivity index (χ2v) is 7.35. The zero-order valence-corrected chi connectivity index (χ0v) is 16.5. The standard InChI is InChI=1S/C23H22FN3O3/c1-15-12-17-6-8-26(10-11-28)21(17)14-20(15)25-23(30)27-9-7-19(29)13-22(27)16-2-4-18(24)5-3-16/h2-9,12,14,22,28H,10-11,13H2,1H3,(H,25,30)/t22-/m0/s1. The number of fused-ring (bicyclic) bond motifs is 1. The number of allylic oxidation sites excluding steroid dienone is 1. The van der Waals surface area contributed by atoms with Crippen molar-refractivity contribution in [3.05, 3.63) is 77.9 Å². The molecule has 3 aromatic rings. The maximum absolute atomic E-state index is 13.3. The number of nitrogens with zero attached hydrogens (tertiary/aromatic N) is 2. The van der Waals surface area contributed by atoms with Crippen molar-refractivity contribution in [1.29, 1.82) is 0 Å². The Morgan fingerprint density at radius 3 is 2.73 bits per heavy atom. The number of aromatic nitrogens is 1. The number of aliphatic hydroxyl groups excluding tert-OH is 1. The van der Waals surface area contributed by atoms with E-state index in [1.54, 1.807) is 12.1 Å². The van der Waals surface area contributed by atoms with Gasteiger partial charge in [0, 0.05) is 31.0 Å². The number of carbonyl (C=O) groups is 2. The van der Waals surface area contributed by atoms with Crippen LogP contribution >= 0.6 is 0 Å². The fourth-order valence-corrected chi connectivity index (χ4v) is 3.77. The Morgan fingerprint density at radius 2 is 2.00 bits per heavy atom. The fraction of sp³-hybridized carbons (Fsp3) is 0.217. The molecule has 1 aromatic heterocycles. The zero-order chi connectivity index (χ0) is 21.3. The number of ketones is 1. The molecular formula is C23H22FN3O3. The Morgan fingerprint density at radius 1 is 1.23 bits per heavy atom. The van der Waals surface area contributed by atoms with Crippen molar-refractivity contribution in [2.75, 3.05) is 11.9 Å². The molecule has 2 heterocycles. The number of hydrogen-bond donors (Lipinski definition) is 2. The molecule has 7 heteroatoms. The van der Waals surface area contributed by atoms with Crippen molar-refractivity contribution in [3.8, 4) is 0 Å². The SMILES string of the molecule is Cc1cc2ccn(CCO)c2cc1NC(=O)N1C=CC(=O)C[C@H]1c1ccc(F)cc1. The molecule has 0 saturated heterocycles. The van der Waals surface area contributed by atoms with Crippen molar-refractivity contribution < 1.29 is 19.1 Å². The highest BCUT2D eigenvalue weighted by Gasteiger charge is 2.29. The first-order valence-electron chi connectivity index (χ1n) is 9.72. The first-order valence-corrected chi connectivity index (χ1v) is 9.72. The van der Waals surface area contributed by atoms with Crippen molar-refractivity contribution in [1.82, 2.24) is 9.47 Å². The molecule has 1 aliphatic heterocycles. The predicted molar refractivity (Wildman–Crippen MR) is 113 cm³/mol. The zero-order valence-electron chi connectivity index (χ0n) is 16.5. The van der Waals surface area contributed by atoms with Crippen LogP contribution in [0.3, 0.4) is 0 Å². The van der Waals surface area contributed by atoms with Gasteiger partial charge in [0.25, 0.3) is 0 Å². The highest BCUT2D eigenvalue weighted by Crippen LogP contribution is 2.30. The number of anilines is 1. The number of aliphatic hydroxyl groups is 1. The molecule has 6 nitrogen and oxygen atoms in total. The van der Waals surface area contributed by atoms with Crippen LogP contribution in [-0.4, -0.2) is 33.0 Å². The van der Waals surface area contributed by atoms with E-state index < -0.39 is 6.04 Å². The van der Waals surface area contributed by atoms with Gasteiger partial charge >= 0.3 is 6.03 Å². The minimum atomic E-state index is -0.509. The van der Waals surface area contributed by atoms with E-state index in [0.29, 0.717) is 17.8 Å². The van der Waals surface area contributed by atoms with Crippen LogP contribution in [-0.2, 0) is 11.3 Å². The third kappa shape index (κ3) is 3.84. The fourth-order valence-electron chi connectivity index (χ4n) is 3.77. The summed E-state index contributed by atoms with van der Waals surface area (Å²) in [5.41, 5.74) is 3.14. The number of aryl methyl sites for hydroxylation is 1. The smallest absolute Gasteiger partial charge is 0.326 e. The number of urea groups is 1. The Kier molecular flexibility index (Phi) is 5.37. The molecule has 0 unspecified atom stereocenters. The van der Waals surface area contributed by atoms with E-state index in [2.05, 4.69) is 5.32 Å². The third-order valence-corrected chi connectivity index (χ3v) is 5.34. The van der Waals surface area contributed by atoms with Gasteiger partial charge in [-0.2, -0.15) is 0 Å². The molecule has 0 radical (unpaired) electrons. The van der Waals surface area contributed by atoms with E-state index in [4.69, 9.17) is 0 Å². The van der Waals surface area contributed by atoms with E-state index in [9.17, 15) is 19.1 Å². The molecule has 2 amide bonds. The number of halogens is 1. The summed E-state index contributed by atoms with van der Waals surface area (Å²) in [6.45, 7) is 2.39. The van der Waals surface area contributed by atoms with E-state index >= 15 is 0 Å². The van der Waals surface area contributed by atoms with Crippen LogP contribution in [0.1, 0.15) is 23.6 Å². The number of nitrogens with one attached hydrogen (secondary N) is 1. The maximum Gasteiger partial charge on any atom is 0.326 e. The molecule has 154 valence electrons. The minimum Gasteiger partial charge on any atom is -0.395 e. The summed E-state index contributed by atoms with van der Waals surface area (Å²) in [5, 5.41) is 13.2. The molecule has 0 saturated carbocycles. The Hall–Kier alpha value is -3.45. The molecule has 1 aliphatic rings. The first kappa shape index (κ1) is 19.8. The minimum absolute atomic E-state index is 0.0191. The molecule has 4 rings (SSSR count). The van der Waals surface area contributed by atoms with Gasteiger partial charge in [-0.15, -0.1) is 0 Å². The van der Waals surface area contributed by atoms with Gasteiger partial charge < -0.3 is 15.0 Å². The van der Waals surface area contributed by atoms with Crippen LogP contribution < -0.4 is 5.32 Å². The highest BCUT2D eigenvalue weighted by molar-refractivity contribution is 5.97. The molecular weight excluding hydrogens is 385 g/mol. The van der Waals surface area contributed by atoms with Crippen molar-refractivity contribution in [3.63, 3.8) is 0 Å². The lowest BCUT2D eigenvalue weighted by Gasteiger charge is -2.31. The molecule has 0 fully saturated rings. The van der Waals surface area contributed by atoms with Gasteiger partial charge in [-0.3, -0.25) is 9.69 Å². The first-order chi connectivity index (χ1) is 14.5. The van der Waals surface area contributed by atoms with Crippen LogP contribution in [0.5, 0.6) is 0 Å². The maximum atomic E-state index is 13.3. The lowest BCUT2D eigenvalue weighted by molar-refractivity contribution is -0.116. The topological polar surface area (TPSA) is 74.6 Å². The average molecular weight is 407 g/mol. The molecule has 0 aliphatic carbocycles. The number of benzene rings is 2. The molecule has 2 N–H and O–H groups in total. The predicted octanol–water partition coefficient (Wildman–Crippen LogP) is 4.14. The van der Waals surface area contributed by atoms with Gasteiger partial charge in [0.05, 0.1) is 18.2 Å². The van der Waals surface area contributed by atoms with Gasteiger partial charge in [-0.05, 0) is 59.8 Å². The monoisotopic (exact) mass is 407 g/mol. The lowest BCUT2D eigenvalue weighted by atomic mass is 9.97. The van der Waals surface area contributed by atoms with Gasteiger partial charge in [0.2, 0.25) is 0 Å². The Bertz CT molecular complexity index is 1130. The normalized spacial score (nSPS) is 16.3. The Balaban J connectivity index is 1.63. The van der Waals surface area contributed by atoms with E-state index in [0.717, 1.165) is 16.5 Å². The van der Waals surface area contributed by atoms with Crippen LogP contribution in [0.15, 0.2) is 60.9 Å². The van der Waals surface area contributed by atoms with Crippen LogP contribution in [0.4, 0.5) is 14.9 Å². The molecule has 0 spiro atoms. The third-order valence-electron chi connectivity index (χ3n) is 5.34.